The molecule has 2 saturated carbocycles. The van der Waals surface area contributed by atoms with Crippen molar-refractivity contribution in [1.29, 1.82) is 0 Å². The molecule has 2 aliphatic rings. The topological polar surface area (TPSA) is 35.5 Å². The Bertz CT molecular complexity index is 507. The summed E-state index contributed by atoms with van der Waals surface area (Å²) >= 11 is 0. The lowest BCUT2D eigenvalue weighted by atomic mass is 9.81. The maximum Gasteiger partial charge on any atom is 0.305 e. The van der Waals surface area contributed by atoms with Crippen molar-refractivity contribution >= 4 is 5.97 Å². The molecule has 3 rings (SSSR count). The van der Waals surface area contributed by atoms with E-state index in [1.165, 1.54) is 24.8 Å². The van der Waals surface area contributed by atoms with E-state index in [1.807, 2.05) is 13.0 Å². The normalized spacial score (nSPS) is 24.8. The molecule has 0 heterocycles. The van der Waals surface area contributed by atoms with Gasteiger partial charge in [0.05, 0.1) is 6.61 Å². The van der Waals surface area contributed by atoms with Crippen molar-refractivity contribution in [1.82, 2.24) is 0 Å². The highest BCUT2D eigenvalue weighted by Gasteiger charge is 2.29. The summed E-state index contributed by atoms with van der Waals surface area (Å²) in [7, 11) is 0. The monoisotopic (exact) mass is 302 g/mol. The number of rotatable bonds is 6. The van der Waals surface area contributed by atoms with Gasteiger partial charge in [-0.1, -0.05) is 25.5 Å². The second kappa shape index (κ2) is 7.17. The number of benzene rings is 1. The second-order valence-electron chi connectivity index (χ2n) is 6.60. The molecule has 0 bridgehead atoms. The molecule has 0 aliphatic heterocycles. The molecule has 0 radical (unpaired) electrons. The molecular weight excluding hydrogens is 276 g/mol. The van der Waals surface area contributed by atoms with Gasteiger partial charge in [-0.2, -0.15) is 0 Å². The Balaban J connectivity index is 1.68. The maximum atomic E-state index is 11.7. The molecule has 0 N–H and O–H groups in total. The zero-order chi connectivity index (χ0) is 15.4. The van der Waals surface area contributed by atoms with Crippen molar-refractivity contribution in [3.05, 3.63) is 29.8 Å². The third-order valence-corrected chi connectivity index (χ3v) is 4.74. The molecular formula is C19H26O3. The van der Waals surface area contributed by atoms with E-state index in [4.69, 9.17) is 9.47 Å². The van der Waals surface area contributed by atoms with Crippen molar-refractivity contribution in [3.8, 4) is 5.75 Å². The van der Waals surface area contributed by atoms with Gasteiger partial charge in [0.15, 0.2) is 0 Å². The van der Waals surface area contributed by atoms with Crippen LogP contribution in [-0.2, 0) is 9.53 Å². The molecule has 0 amide bonds. The van der Waals surface area contributed by atoms with E-state index in [1.54, 1.807) is 0 Å². The van der Waals surface area contributed by atoms with Crippen LogP contribution in [0.1, 0.15) is 63.4 Å². The average molecular weight is 302 g/mol. The van der Waals surface area contributed by atoms with Crippen LogP contribution in [-0.4, -0.2) is 18.7 Å². The second-order valence-corrected chi connectivity index (χ2v) is 6.60. The summed E-state index contributed by atoms with van der Waals surface area (Å²) in [6.45, 7) is 2.69. The van der Waals surface area contributed by atoms with Crippen LogP contribution in [0.4, 0.5) is 0 Å². The van der Waals surface area contributed by atoms with Gasteiger partial charge in [0.1, 0.15) is 11.9 Å². The number of carbonyl (C=O) groups excluding carboxylic acids is 1. The molecule has 3 heteroatoms. The summed E-state index contributed by atoms with van der Waals surface area (Å²) in [5.41, 5.74) is 1.25. The molecule has 0 saturated heterocycles. The van der Waals surface area contributed by atoms with Gasteiger partial charge in [0.25, 0.3) is 0 Å². The van der Waals surface area contributed by atoms with Crippen molar-refractivity contribution in [2.24, 2.45) is 5.92 Å². The lowest BCUT2D eigenvalue weighted by Crippen LogP contribution is -2.28. The molecule has 2 atom stereocenters. The first kappa shape index (κ1) is 15.4. The lowest BCUT2D eigenvalue weighted by molar-refractivity contribution is -0.151. The van der Waals surface area contributed by atoms with Crippen LogP contribution < -0.4 is 4.74 Å². The maximum absolute atomic E-state index is 11.7. The SMILES string of the molecule is CCC(=O)O[C@@H]1CCCC[C@H]1c1cccc(OCC2CC2)c1. The summed E-state index contributed by atoms with van der Waals surface area (Å²) in [4.78, 5) is 11.7. The lowest BCUT2D eigenvalue weighted by Gasteiger charge is -2.31. The highest BCUT2D eigenvalue weighted by Crippen LogP contribution is 2.37. The third kappa shape index (κ3) is 4.02. The minimum atomic E-state index is -0.0852. The molecule has 120 valence electrons. The highest BCUT2D eigenvalue weighted by molar-refractivity contribution is 5.69. The van der Waals surface area contributed by atoms with Gasteiger partial charge in [0, 0.05) is 12.3 Å². The zero-order valence-electron chi connectivity index (χ0n) is 13.4. The predicted molar refractivity (Wildman–Crippen MR) is 86.0 cm³/mol. The molecule has 22 heavy (non-hydrogen) atoms. The van der Waals surface area contributed by atoms with E-state index in [0.29, 0.717) is 12.3 Å². The van der Waals surface area contributed by atoms with Crippen LogP contribution in [0.15, 0.2) is 24.3 Å². The Hall–Kier alpha value is -1.51. The average Bonchev–Trinajstić information content (AvgIpc) is 3.38. The Kier molecular flexibility index (Phi) is 5.01. The summed E-state index contributed by atoms with van der Waals surface area (Å²) in [6.07, 6.45) is 7.51. The van der Waals surface area contributed by atoms with Gasteiger partial charge in [-0.25, -0.2) is 0 Å². The van der Waals surface area contributed by atoms with E-state index >= 15 is 0 Å². The van der Waals surface area contributed by atoms with E-state index in [9.17, 15) is 4.79 Å². The Morgan fingerprint density at radius 1 is 1.18 bits per heavy atom. The van der Waals surface area contributed by atoms with Gasteiger partial charge >= 0.3 is 5.97 Å². The van der Waals surface area contributed by atoms with Crippen molar-refractivity contribution in [2.45, 2.75) is 63.9 Å². The zero-order valence-corrected chi connectivity index (χ0v) is 13.4. The Morgan fingerprint density at radius 3 is 2.77 bits per heavy atom. The van der Waals surface area contributed by atoms with Crippen LogP contribution in [0, 0.1) is 5.92 Å². The van der Waals surface area contributed by atoms with E-state index in [2.05, 4.69) is 18.2 Å². The van der Waals surface area contributed by atoms with Gasteiger partial charge in [-0.3, -0.25) is 4.79 Å². The van der Waals surface area contributed by atoms with Crippen molar-refractivity contribution < 1.29 is 14.3 Å². The molecule has 0 aromatic heterocycles. The summed E-state index contributed by atoms with van der Waals surface area (Å²) in [6, 6.07) is 8.38. The predicted octanol–water partition coefficient (Wildman–Crippen LogP) is 4.45. The van der Waals surface area contributed by atoms with Crippen LogP contribution in [0.2, 0.25) is 0 Å². The van der Waals surface area contributed by atoms with E-state index < -0.39 is 0 Å². The Morgan fingerprint density at radius 2 is 2.00 bits per heavy atom. The van der Waals surface area contributed by atoms with Gasteiger partial charge in [0.2, 0.25) is 0 Å². The first-order chi connectivity index (χ1) is 10.8. The Labute approximate surface area is 133 Å². The molecule has 2 fully saturated rings. The fourth-order valence-electron chi connectivity index (χ4n) is 3.20. The molecule has 3 nitrogen and oxygen atoms in total. The smallest absolute Gasteiger partial charge is 0.305 e. The molecule has 1 aromatic rings. The standard InChI is InChI=1S/C19H26O3/c1-2-19(20)22-18-9-4-3-8-17(18)15-6-5-7-16(12-15)21-13-14-10-11-14/h5-7,12,14,17-18H,2-4,8-11,13H2,1H3/t17-,18+/m0/s1. The quantitative estimate of drug-likeness (QED) is 0.728. The van der Waals surface area contributed by atoms with Crippen LogP contribution in [0.5, 0.6) is 5.75 Å². The summed E-state index contributed by atoms with van der Waals surface area (Å²) in [5.74, 6) is 1.94. The van der Waals surface area contributed by atoms with Gasteiger partial charge in [-0.05, 0) is 55.7 Å². The molecule has 2 aliphatic carbocycles. The molecule has 0 spiro atoms. The number of hydrogen-bond donors (Lipinski definition) is 0. The number of esters is 1. The molecule has 1 aromatic carbocycles. The van der Waals surface area contributed by atoms with Gasteiger partial charge in [-0.15, -0.1) is 0 Å². The van der Waals surface area contributed by atoms with Gasteiger partial charge < -0.3 is 9.47 Å². The first-order valence-corrected chi connectivity index (χ1v) is 8.68. The third-order valence-electron chi connectivity index (χ3n) is 4.74. The van der Waals surface area contributed by atoms with E-state index in [0.717, 1.165) is 37.5 Å². The number of carbonyl (C=O) groups is 1. The highest BCUT2D eigenvalue weighted by atomic mass is 16.5. The van der Waals surface area contributed by atoms with E-state index in [-0.39, 0.29) is 12.1 Å². The fraction of sp³-hybridized carbons (Fsp3) is 0.632. The van der Waals surface area contributed by atoms with Crippen LogP contribution >= 0.6 is 0 Å². The number of ether oxygens (including phenoxy) is 2. The summed E-state index contributed by atoms with van der Waals surface area (Å²) < 4.78 is 11.6. The minimum absolute atomic E-state index is 0.0277. The minimum Gasteiger partial charge on any atom is -0.493 e. The first-order valence-electron chi connectivity index (χ1n) is 8.68. The van der Waals surface area contributed by atoms with Crippen LogP contribution in [0.25, 0.3) is 0 Å². The number of hydrogen-bond acceptors (Lipinski definition) is 3. The van der Waals surface area contributed by atoms with Crippen LogP contribution in [0.3, 0.4) is 0 Å². The summed E-state index contributed by atoms with van der Waals surface area (Å²) in [5, 5.41) is 0. The van der Waals surface area contributed by atoms with Crippen molar-refractivity contribution in [2.75, 3.05) is 6.61 Å². The molecule has 0 unspecified atom stereocenters. The largest absolute Gasteiger partial charge is 0.493 e. The van der Waals surface area contributed by atoms with Crippen molar-refractivity contribution in [3.63, 3.8) is 0 Å². The fourth-order valence-corrected chi connectivity index (χ4v) is 3.20.